The van der Waals surface area contributed by atoms with Crippen LogP contribution in [0.25, 0.3) is 0 Å². The fraction of sp³-hybridized carbons (Fsp3) is 0.174. The molecule has 0 radical (unpaired) electrons. The highest BCUT2D eigenvalue weighted by atomic mass is 35.5. The zero-order valence-electron chi connectivity index (χ0n) is 16.9. The van der Waals surface area contributed by atoms with Crippen LogP contribution in [0.5, 0.6) is 0 Å². The Hall–Kier alpha value is -2.83. The van der Waals surface area contributed by atoms with Crippen LogP contribution >= 0.6 is 11.6 Å². The molecule has 0 fully saturated rings. The maximum atomic E-state index is 12.8. The Labute approximate surface area is 182 Å². The minimum atomic E-state index is -3.77. The number of aryl methyl sites for hydroxylation is 2. The zero-order valence-corrected chi connectivity index (χ0v) is 18.5. The van der Waals surface area contributed by atoms with Crippen LogP contribution in [0.1, 0.15) is 40.0 Å². The molecule has 0 aliphatic heterocycles. The van der Waals surface area contributed by atoms with E-state index in [1.54, 1.807) is 18.2 Å². The van der Waals surface area contributed by atoms with Crippen LogP contribution in [0, 0.1) is 13.8 Å². The molecule has 0 saturated carbocycles. The minimum Gasteiger partial charge on any atom is -0.345 e. The Morgan fingerprint density at radius 3 is 2.30 bits per heavy atom. The van der Waals surface area contributed by atoms with Crippen molar-refractivity contribution >= 4 is 33.2 Å². The predicted molar refractivity (Wildman–Crippen MR) is 120 cm³/mol. The Morgan fingerprint density at radius 1 is 0.933 bits per heavy atom. The maximum absolute atomic E-state index is 12.8. The summed E-state index contributed by atoms with van der Waals surface area (Å²) in [6, 6.07) is 18.3. The van der Waals surface area contributed by atoms with Gasteiger partial charge in [-0.15, -0.1) is 0 Å². The Balaban J connectivity index is 1.80. The molecule has 30 heavy (non-hydrogen) atoms. The Bertz CT molecular complexity index is 1180. The second kappa shape index (κ2) is 8.90. The number of halogens is 1. The number of sulfonamides is 1. The summed E-state index contributed by atoms with van der Waals surface area (Å²) < 4.78 is 27.6. The molecular formula is C23H23ClN2O3S. The first-order chi connectivity index (χ1) is 14.2. The van der Waals surface area contributed by atoms with Crippen LogP contribution in [0.15, 0.2) is 71.6 Å². The summed E-state index contributed by atoms with van der Waals surface area (Å²) >= 11 is 6.22. The van der Waals surface area contributed by atoms with Crippen molar-refractivity contribution in [3.63, 3.8) is 0 Å². The van der Waals surface area contributed by atoms with Crippen molar-refractivity contribution in [3.05, 3.63) is 94.0 Å². The van der Waals surface area contributed by atoms with Crippen molar-refractivity contribution in [2.24, 2.45) is 0 Å². The third-order valence-corrected chi connectivity index (χ3v) is 6.62. The van der Waals surface area contributed by atoms with Gasteiger partial charge in [0.15, 0.2) is 0 Å². The summed E-state index contributed by atoms with van der Waals surface area (Å²) in [5, 5.41) is 3.16. The summed E-state index contributed by atoms with van der Waals surface area (Å²) in [4.78, 5) is 12.9. The minimum absolute atomic E-state index is 0.134. The lowest BCUT2D eigenvalue weighted by molar-refractivity contribution is 0.0940. The third-order valence-electron chi connectivity index (χ3n) is 4.90. The van der Waals surface area contributed by atoms with Crippen LogP contribution in [-0.4, -0.2) is 14.3 Å². The lowest BCUT2D eigenvalue weighted by Gasteiger charge is -2.17. The van der Waals surface area contributed by atoms with E-state index >= 15 is 0 Å². The van der Waals surface area contributed by atoms with Gasteiger partial charge in [-0.25, -0.2) is 8.42 Å². The fourth-order valence-corrected chi connectivity index (χ4v) is 4.24. The number of benzene rings is 3. The first-order valence-corrected chi connectivity index (χ1v) is 11.3. The van der Waals surface area contributed by atoms with E-state index in [2.05, 4.69) is 10.0 Å². The summed E-state index contributed by atoms with van der Waals surface area (Å²) in [6.07, 6.45) is 0. The molecule has 3 aromatic carbocycles. The smallest absolute Gasteiger partial charge is 0.261 e. The lowest BCUT2D eigenvalue weighted by atomic mass is 10.0. The van der Waals surface area contributed by atoms with E-state index in [0.29, 0.717) is 0 Å². The average Bonchev–Trinajstić information content (AvgIpc) is 2.71. The molecule has 0 heterocycles. The molecular weight excluding hydrogens is 420 g/mol. The molecule has 3 aromatic rings. The molecule has 0 spiro atoms. The van der Waals surface area contributed by atoms with Crippen molar-refractivity contribution in [1.82, 2.24) is 5.32 Å². The monoisotopic (exact) mass is 442 g/mol. The highest BCUT2D eigenvalue weighted by Gasteiger charge is 2.18. The number of nitrogens with one attached hydrogen (secondary N) is 2. The molecule has 1 atom stereocenters. The molecule has 3 rings (SSSR count). The predicted octanol–water partition coefficient (Wildman–Crippen LogP) is 5.25. The zero-order chi connectivity index (χ0) is 21.9. The third kappa shape index (κ3) is 5.01. The summed E-state index contributed by atoms with van der Waals surface area (Å²) in [6.45, 7) is 5.94. The summed E-state index contributed by atoms with van der Waals surface area (Å²) in [5.74, 6) is -0.383. The number of hydrogen-bond acceptors (Lipinski definition) is 3. The number of rotatable bonds is 6. The van der Waals surface area contributed by atoms with E-state index < -0.39 is 10.0 Å². The molecule has 0 saturated heterocycles. The molecule has 1 amide bonds. The Morgan fingerprint density at radius 2 is 1.63 bits per heavy atom. The highest BCUT2D eigenvalue weighted by Crippen LogP contribution is 2.24. The van der Waals surface area contributed by atoms with Gasteiger partial charge in [0.2, 0.25) is 0 Å². The van der Waals surface area contributed by atoms with Gasteiger partial charge in [0.25, 0.3) is 15.9 Å². The maximum Gasteiger partial charge on any atom is 0.261 e. The largest absolute Gasteiger partial charge is 0.345 e. The van der Waals surface area contributed by atoms with Gasteiger partial charge in [-0.05, 0) is 67.8 Å². The van der Waals surface area contributed by atoms with Crippen molar-refractivity contribution in [2.45, 2.75) is 31.7 Å². The second-order valence-electron chi connectivity index (χ2n) is 7.15. The standard InChI is InChI=1S/C23H23ClN2O3S/c1-15-9-10-18(13-16(15)2)17(3)25-23(27)21-14-19(11-12-22(21)24)26-30(28,29)20-7-5-4-6-8-20/h4-14,17,26H,1-3H3,(H,25,27). The van der Waals surface area contributed by atoms with Gasteiger partial charge in [-0.3, -0.25) is 9.52 Å². The van der Waals surface area contributed by atoms with Crippen molar-refractivity contribution < 1.29 is 13.2 Å². The van der Waals surface area contributed by atoms with Crippen molar-refractivity contribution in [1.29, 1.82) is 0 Å². The molecule has 7 heteroatoms. The molecule has 5 nitrogen and oxygen atoms in total. The number of anilines is 1. The van der Waals surface area contributed by atoms with Crippen LogP contribution in [-0.2, 0) is 10.0 Å². The van der Waals surface area contributed by atoms with E-state index in [0.717, 1.165) is 11.1 Å². The van der Waals surface area contributed by atoms with E-state index in [1.807, 2.05) is 39.0 Å². The number of carbonyl (C=O) groups is 1. The molecule has 156 valence electrons. The molecule has 0 aliphatic carbocycles. The Kier molecular flexibility index (Phi) is 6.48. The molecule has 1 unspecified atom stereocenters. The van der Waals surface area contributed by atoms with Crippen molar-refractivity contribution in [2.75, 3.05) is 4.72 Å². The fourth-order valence-electron chi connectivity index (χ4n) is 2.97. The van der Waals surface area contributed by atoms with Gasteiger partial charge in [0.1, 0.15) is 0 Å². The summed E-state index contributed by atoms with van der Waals surface area (Å²) in [5.41, 5.74) is 3.75. The van der Waals surface area contributed by atoms with Crippen LogP contribution in [0.4, 0.5) is 5.69 Å². The SMILES string of the molecule is Cc1ccc(C(C)NC(=O)c2cc(NS(=O)(=O)c3ccccc3)ccc2Cl)cc1C. The average molecular weight is 443 g/mol. The summed E-state index contributed by atoms with van der Waals surface area (Å²) in [7, 11) is -3.77. The van der Waals surface area contributed by atoms with E-state index in [-0.39, 0.29) is 33.1 Å². The van der Waals surface area contributed by atoms with Crippen molar-refractivity contribution in [3.8, 4) is 0 Å². The van der Waals surface area contributed by atoms with Crippen LogP contribution < -0.4 is 10.0 Å². The number of amides is 1. The normalized spacial score (nSPS) is 12.3. The second-order valence-corrected chi connectivity index (χ2v) is 9.24. The lowest BCUT2D eigenvalue weighted by Crippen LogP contribution is -2.27. The van der Waals surface area contributed by atoms with Gasteiger partial charge in [-0.2, -0.15) is 0 Å². The number of hydrogen-bond donors (Lipinski definition) is 2. The molecule has 0 aromatic heterocycles. The first kappa shape index (κ1) is 21.9. The molecule has 2 N–H and O–H groups in total. The number of carbonyl (C=O) groups excluding carboxylic acids is 1. The topological polar surface area (TPSA) is 75.3 Å². The van der Waals surface area contributed by atoms with E-state index in [4.69, 9.17) is 11.6 Å². The first-order valence-electron chi connectivity index (χ1n) is 9.43. The molecule has 0 bridgehead atoms. The quantitative estimate of drug-likeness (QED) is 0.547. The van der Waals surface area contributed by atoms with Crippen LogP contribution in [0.3, 0.4) is 0 Å². The van der Waals surface area contributed by atoms with Gasteiger partial charge in [-0.1, -0.05) is 48.0 Å². The highest BCUT2D eigenvalue weighted by molar-refractivity contribution is 7.92. The van der Waals surface area contributed by atoms with E-state index in [1.165, 1.54) is 35.9 Å². The van der Waals surface area contributed by atoms with Gasteiger partial charge in [0.05, 0.1) is 21.5 Å². The van der Waals surface area contributed by atoms with E-state index in [9.17, 15) is 13.2 Å². The van der Waals surface area contributed by atoms with Crippen LogP contribution in [0.2, 0.25) is 5.02 Å². The molecule has 0 aliphatic rings. The van der Waals surface area contributed by atoms with Gasteiger partial charge in [0, 0.05) is 5.69 Å². The van der Waals surface area contributed by atoms with Gasteiger partial charge >= 0.3 is 0 Å². The van der Waals surface area contributed by atoms with Gasteiger partial charge < -0.3 is 5.32 Å².